The number of rotatable bonds is 3. The van der Waals surface area contributed by atoms with E-state index < -0.39 is 0 Å². The molecule has 1 aromatic heterocycles. The Morgan fingerprint density at radius 3 is 2.76 bits per heavy atom. The van der Waals surface area contributed by atoms with Crippen LogP contribution in [-0.2, 0) is 0 Å². The van der Waals surface area contributed by atoms with Gasteiger partial charge in [0.15, 0.2) is 5.16 Å². The third kappa shape index (κ3) is 2.29. The van der Waals surface area contributed by atoms with Gasteiger partial charge in [-0.25, -0.2) is 4.98 Å². The number of nitrogens with zero attached hydrogens (tertiary/aromatic N) is 2. The van der Waals surface area contributed by atoms with E-state index in [1.165, 1.54) is 0 Å². The molecule has 2 aromatic rings. The van der Waals surface area contributed by atoms with E-state index in [0.29, 0.717) is 23.8 Å². The van der Waals surface area contributed by atoms with E-state index >= 15 is 0 Å². The van der Waals surface area contributed by atoms with Gasteiger partial charge in [-0.3, -0.25) is 4.79 Å². The van der Waals surface area contributed by atoms with Crippen LogP contribution in [0.4, 0.5) is 0 Å². The van der Waals surface area contributed by atoms with E-state index in [2.05, 4.69) is 22.6 Å². The number of H-pyrrole nitrogens is 1. The Morgan fingerprint density at radius 1 is 1.41 bits per heavy atom. The lowest BCUT2D eigenvalue weighted by atomic mass is 10.1. The summed E-state index contributed by atoms with van der Waals surface area (Å²) in [5, 5.41) is 0.562. The Kier molecular flexibility index (Phi) is 3.38. The molecule has 17 heavy (non-hydrogen) atoms. The second-order valence-electron chi connectivity index (χ2n) is 3.77. The molecule has 1 heterocycles. The fourth-order valence-electron chi connectivity index (χ4n) is 1.82. The number of hydrogen-bond donors (Lipinski definition) is 2. The molecular formula is C12H15N3OS. The first-order valence-electron chi connectivity index (χ1n) is 5.63. The van der Waals surface area contributed by atoms with Crippen molar-refractivity contribution in [2.75, 3.05) is 13.1 Å². The Bertz CT molecular complexity index is 546. The zero-order chi connectivity index (χ0) is 12.4. The highest BCUT2D eigenvalue weighted by Gasteiger charge is 2.13. The van der Waals surface area contributed by atoms with Crippen molar-refractivity contribution in [2.24, 2.45) is 0 Å². The number of carbonyl (C=O) groups is 1. The maximum atomic E-state index is 12.1. The van der Waals surface area contributed by atoms with Crippen LogP contribution in [0.3, 0.4) is 0 Å². The highest BCUT2D eigenvalue weighted by molar-refractivity contribution is 7.80. The van der Waals surface area contributed by atoms with Crippen LogP contribution in [0.5, 0.6) is 0 Å². The fraction of sp³-hybridized carbons (Fsp3) is 0.333. The van der Waals surface area contributed by atoms with Crippen molar-refractivity contribution < 1.29 is 4.79 Å². The molecule has 0 unspecified atom stereocenters. The van der Waals surface area contributed by atoms with Gasteiger partial charge in [0, 0.05) is 18.7 Å². The Morgan fingerprint density at radius 2 is 2.12 bits per heavy atom. The number of fused-ring (bicyclic) bond motifs is 1. The average Bonchev–Trinajstić information content (AvgIpc) is 2.69. The predicted octanol–water partition coefficient (Wildman–Crippen LogP) is 2.33. The molecule has 1 amide bonds. The van der Waals surface area contributed by atoms with E-state index in [9.17, 15) is 4.79 Å². The molecule has 0 aliphatic carbocycles. The molecule has 0 saturated heterocycles. The Hall–Kier alpha value is -1.49. The molecule has 0 spiro atoms. The van der Waals surface area contributed by atoms with Crippen molar-refractivity contribution in [3.05, 3.63) is 23.8 Å². The number of aromatic nitrogens is 2. The summed E-state index contributed by atoms with van der Waals surface area (Å²) in [6.45, 7) is 5.37. The topological polar surface area (TPSA) is 49.0 Å². The van der Waals surface area contributed by atoms with Gasteiger partial charge in [-0.1, -0.05) is 0 Å². The third-order valence-corrected chi connectivity index (χ3v) is 2.98. The minimum absolute atomic E-state index is 0.0422. The van der Waals surface area contributed by atoms with Crippen molar-refractivity contribution in [1.82, 2.24) is 14.9 Å². The second kappa shape index (κ2) is 4.79. The smallest absolute Gasteiger partial charge is 0.253 e. The summed E-state index contributed by atoms with van der Waals surface area (Å²) in [5.41, 5.74) is 2.33. The highest BCUT2D eigenvalue weighted by Crippen LogP contribution is 2.16. The second-order valence-corrected chi connectivity index (χ2v) is 4.19. The Balaban J connectivity index is 2.38. The van der Waals surface area contributed by atoms with Gasteiger partial charge in [-0.2, -0.15) is 0 Å². The van der Waals surface area contributed by atoms with Crippen LogP contribution in [-0.4, -0.2) is 33.9 Å². The SMILES string of the molecule is CCN(CC)C(=O)c1ccc2[nH]c(S)nc2c1. The van der Waals surface area contributed by atoms with Crippen LogP contribution in [0.2, 0.25) is 0 Å². The summed E-state index contributed by atoms with van der Waals surface area (Å²) in [7, 11) is 0. The predicted molar refractivity (Wildman–Crippen MR) is 70.6 cm³/mol. The van der Waals surface area contributed by atoms with Crippen LogP contribution < -0.4 is 0 Å². The van der Waals surface area contributed by atoms with E-state index in [0.717, 1.165) is 11.0 Å². The molecule has 0 fully saturated rings. The van der Waals surface area contributed by atoms with Crippen molar-refractivity contribution in [3.8, 4) is 0 Å². The number of thiol groups is 1. The van der Waals surface area contributed by atoms with Crippen molar-refractivity contribution >= 4 is 29.6 Å². The Labute approximate surface area is 105 Å². The summed E-state index contributed by atoms with van der Waals surface area (Å²) in [6.07, 6.45) is 0. The van der Waals surface area contributed by atoms with E-state index in [1.54, 1.807) is 11.0 Å². The summed E-state index contributed by atoms with van der Waals surface area (Å²) >= 11 is 4.14. The van der Waals surface area contributed by atoms with E-state index in [4.69, 9.17) is 0 Å². The third-order valence-electron chi connectivity index (χ3n) is 2.77. The molecule has 1 N–H and O–H groups in total. The molecular weight excluding hydrogens is 234 g/mol. The molecule has 0 atom stereocenters. The molecule has 5 heteroatoms. The van der Waals surface area contributed by atoms with E-state index in [1.807, 2.05) is 26.0 Å². The van der Waals surface area contributed by atoms with Gasteiger partial charge in [0.25, 0.3) is 5.91 Å². The lowest BCUT2D eigenvalue weighted by Gasteiger charge is -2.18. The number of benzene rings is 1. The van der Waals surface area contributed by atoms with Gasteiger partial charge < -0.3 is 9.88 Å². The zero-order valence-corrected chi connectivity index (χ0v) is 10.8. The molecule has 1 aromatic carbocycles. The minimum Gasteiger partial charge on any atom is -0.339 e. The summed E-state index contributed by atoms with van der Waals surface area (Å²) in [5.74, 6) is 0.0422. The molecule has 2 rings (SSSR count). The maximum Gasteiger partial charge on any atom is 0.253 e. The normalized spacial score (nSPS) is 10.8. The monoisotopic (exact) mass is 249 g/mol. The first-order chi connectivity index (χ1) is 8.15. The zero-order valence-electron chi connectivity index (χ0n) is 9.90. The van der Waals surface area contributed by atoms with Crippen molar-refractivity contribution in [3.63, 3.8) is 0 Å². The summed E-state index contributed by atoms with van der Waals surface area (Å²) < 4.78 is 0. The number of nitrogens with one attached hydrogen (secondary N) is 1. The first-order valence-corrected chi connectivity index (χ1v) is 6.08. The molecule has 0 radical (unpaired) electrons. The largest absolute Gasteiger partial charge is 0.339 e. The van der Waals surface area contributed by atoms with Gasteiger partial charge in [-0.15, -0.1) is 12.6 Å². The molecule has 0 aliphatic heterocycles. The summed E-state index contributed by atoms with van der Waals surface area (Å²) in [6, 6.07) is 5.47. The van der Waals surface area contributed by atoms with Gasteiger partial charge in [0.1, 0.15) is 0 Å². The quantitative estimate of drug-likeness (QED) is 0.820. The summed E-state index contributed by atoms with van der Waals surface area (Å²) in [4.78, 5) is 21.1. The molecule has 0 saturated carbocycles. The first kappa shape index (κ1) is 12.0. The number of carbonyl (C=O) groups excluding carboxylic acids is 1. The van der Waals surface area contributed by atoms with Crippen LogP contribution >= 0.6 is 12.6 Å². The fourth-order valence-corrected chi connectivity index (χ4v) is 2.05. The lowest BCUT2D eigenvalue weighted by Crippen LogP contribution is -2.30. The van der Waals surface area contributed by atoms with Crippen LogP contribution in [0.25, 0.3) is 11.0 Å². The minimum atomic E-state index is 0.0422. The number of aromatic amines is 1. The van der Waals surface area contributed by atoms with Crippen LogP contribution in [0, 0.1) is 0 Å². The van der Waals surface area contributed by atoms with Gasteiger partial charge >= 0.3 is 0 Å². The number of imidazole rings is 1. The number of hydrogen-bond acceptors (Lipinski definition) is 3. The average molecular weight is 249 g/mol. The standard InChI is InChI=1S/C12H15N3OS/c1-3-15(4-2)11(16)8-5-6-9-10(7-8)14-12(17)13-9/h5-7H,3-4H2,1-2H3,(H2,13,14,17). The van der Waals surface area contributed by atoms with Crippen LogP contribution in [0.1, 0.15) is 24.2 Å². The molecule has 0 aliphatic rings. The lowest BCUT2D eigenvalue weighted by molar-refractivity contribution is 0.0773. The molecule has 90 valence electrons. The van der Waals surface area contributed by atoms with E-state index in [-0.39, 0.29) is 5.91 Å². The number of amides is 1. The van der Waals surface area contributed by atoms with Crippen molar-refractivity contribution in [1.29, 1.82) is 0 Å². The van der Waals surface area contributed by atoms with Crippen molar-refractivity contribution in [2.45, 2.75) is 19.0 Å². The van der Waals surface area contributed by atoms with Gasteiger partial charge in [0.2, 0.25) is 0 Å². The molecule has 0 bridgehead atoms. The van der Waals surface area contributed by atoms with Gasteiger partial charge in [-0.05, 0) is 32.0 Å². The maximum absolute atomic E-state index is 12.1. The molecule has 4 nitrogen and oxygen atoms in total. The van der Waals surface area contributed by atoms with Gasteiger partial charge in [0.05, 0.1) is 11.0 Å². The highest BCUT2D eigenvalue weighted by atomic mass is 32.1. The van der Waals surface area contributed by atoms with Crippen LogP contribution in [0.15, 0.2) is 23.4 Å².